The molecule has 2 aromatic heterocycles. The fraction of sp³-hybridized carbons (Fsp3) is 0.250. The van der Waals surface area contributed by atoms with Gasteiger partial charge in [-0.15, -0.1) is 21.5 Å². The minimum Gasteiger partial charge on any atom is -0.476 e. The number of aromatic carboxylic acids is 1. The normalized spacial score (nSPS) is 11.7. The van der Waals surface area contributed by atoms with E-state index in [1.807, 2.05) is 6.92 Å². The maximum absolute atomic E-state index is 11.2. The molecule has 0 aromatic carbocycles. The second-order valence-electron chi connectivity index (χ2n) is 4.04. The Morgan fingerprint density at radius 2 is 2.10 bits per heavy atom. The van der Waals surface area contributed by atoms with Crippen molar-refractivity contribution in [2.24, 2.45) is 0 Å². The first-order valence-corrected chi connectivity index (χ1v) is 6.76. The molecule has 0 aliphatic rings. The number of carboxylic acids is 1. The lowest BCUT2D eigenvalue weighted by molar-refractivity contribution is 0.0592. The second-order valence-corrected chi connectivity index (χ2v) is 4.93. The molecule has 2 rings (SSSR count). The lowest BCUT2D eigenvalue weighted by Gasteiger charge is -2.11. The average molecular weight is 308 g/mol. The number of aromatic nitrogens is 3. The smallest absolute Gasteiger partial charge is 0.358 e. The number of ether oxygens (including phenoxy) is 1. The van der Waals surface area contributed by atoms with Crippen LogP contribution in [0.25, 0.3) is 0 Å². The molecule has 0 fully saturated rings. The third kappa shape index (κ3) is 3.51. The largest absolute Gasteiger partial charge is 0.476 e. The van der Waals surface area contributed by atoms with Gasteiger partial charge in [-0.2, -0.15) is 0 Å². The molecule has 0 bridgehead atoms. The molecule has 1 atom stereocenters. The van der Waals surface area contributed by atoms with E-state index in [-0.39, 0.29) is 17.4 Å². The van der Waals surface area contributed by atoms with Crippen LogP contribution in [-0.4, -0.2) is 39.3 Å². The van der Waals surface area contributed by atoms with E-state index < -0.39 is 11.9 Å². The number of rotatable bonds is 5. The molecule has 0 saturated carbocycles. The number of carbonyl (C=O) groups is 2. The zero-order chi connectivity index (χ0) is 15.4. The maximum Gasteiger partial charge on any atom is 0.358 e. The molecular weight excluding hydrogens is 296 g/mol. The summed E-state index contributed by atoms with van der Waals surface area (Å²) in [5.41, 5.74) is 0.119. The lowest BCUT2D eigenvalue weighted by Crippen LogP contribution is -2.11. The quantitative estimate of drug-likeness (QED) is 0.800. The van der Waals surface area contributed by atoms with Gasteiger partial charge in [-0.05, 0) is 19.1 Å². The number of nitrogens with one attached hydrogen (secondary N) is 1. The van der Waals surface area contributed by atoms with Gasteiger partial charge >= 0.3 is 11.9 Å². The van der Waals surface area contributed by atoms with E-state index in [0.717, 1.165) is 0 Å². The Morgan fingerprint density at radius 3 is 2.62 bits per heavy atom. The highest BCUT2D eigenvalue weighted by Crippen LogP contribution is 2.21. The first-order valence-electron chi connectivity index (χ1n) is 5.88. The number of carboxylic acid groups (broad SMARTS) is 1. The molecule has 1 unspecified atom stereocenters. The number of thiazole rings is 1. The third-order valence-corrected chi connectivity index (χ3v) is 3.56. The van der Waals surface area contributed by atoms with Gasteiger partial charge in [0.15, 0.2) is 11.4 Å². The lowest BCUT2D eigenvalue weighted by atomic mass is 10.3. The van der Waals surface area contributed by atoms with E-state index >= 15 is 0 Å². The molecule has 0 aliphatic heterocycles. The molecule has 0 radical (unpaired) electrons. The zero-order valence-corrected chi connectivity index (χ0v) is 12.0. The van der Waals surface area contributed by atoms with E-state index in [9.17, 15) is 9.59 Å². The van der Waals surface area contributed by atoms with Crippen LogP contribution in [0.2, 0.25) is 0 Å². The summed E-state index contributed by atoms with van der Waals surface area (Å²) in [4.78, 5) is 26.0. The Labute approximate surface area is 123 Å². The van der Waals surface area contributed by atoms with Crippen molar-refractivity contribution in [1.82, 2.24) is 15.2 Å². The molecule has 0 amide bonds. The molecule has 2 aromatic rings. The van der Waals surface area contributed by atoms with Crippen molar-refractivity contribution >= 4 is 29.1 Å². The minimum absolute atomic E-state index is 0.00998. The predicted octanol–water partition coefficient (Wildman–Crippen LogP) is 1.59. The van der Waals surface area contributed by atoms with Crippen molar-refractivity contribution in [3.8, 4) is 0 Å². The zero-order valence-electron chi connectivity index (χ0n) is 11.2. The highest BCUT2D eigenvalue weighted by molar-refractivity contribution is 7.09. The number of methoxy groups -OCH3 is 1. The van der Waals surface area contributed by atoms with Crippen LogP contribution in [0.3, 0.4) is 0 Å². The summed E-state index contributed by atoms with van der Waals surface area (Å²) in [5.74, 6) is -1.18. The predicted molar refractivity (Wildman–Crippen MR) is 74.5 cm³/mol. The summed E-state index contributed by atoms with van der Waals surface area (Å²) >= 11 is 1.24. The minimum atomic E-state index is -1.06. The van der Waals surface area contributed by atoms with Crippen LogP contribution in [0.15, 0.2) is 17.5 Å². The van der Waals surface area contributed by atoms with Crippen LogP contribution in [0.4, 0.5) is 5.82 Å². The summed E-state index contributed by atoms with van der Waals surface area (Å²) in [6, 6.07) is 2.83. The van der Waals surface area contributed by atoms with Crippen LogP contribution in [0, 0.1) is 0 Å². The average Bonchev–Trinajstić information content (AvgIpc) is 2.97. The SMILES string of the molecule is COC(=O)c1ccc(NC(C)c2nc(C(=O)O)cs2)nn1. The number of carbonyl (C=O) groups excluding carboxylic acids is 1. The van der Waals surface area contributed by atoms with E-state index in [2.05, 4.69) is 25.2 Å². The van der Waals surface area contributed by atoms with E-state index in [0.29, 0.717) is 10.8 Å². The monoisotopic (exact) mass is 308 g/mol. The topological polar surface area (TPSA) is 114 Å². The summed E-state index contributed by atoms with van der Waals surface area (Å²) in [7, 11) is 1.26. The van der Waals surface area contributed by atoms with Gasteiger partial charge in [-0.1, -0.05) is 0 Å². The number of hydrogen-bond donors (Lipinski definition) is 2. The molecule has 9 heteroatoms. The van der Waals surface area contributed by atoms with Gasteiger partial charge in [0.2, 0.25) is 0 Å². The standard InChI is InChI=1S/C12H12N4O4S/c1-6(10-14-8(5-21-10)11(17)18)13-9-4-3-7(15-16-9)12(19)20-2/h3-6H,1-2H3,(H,13,16)(H,17,18). The Hall–Kier alpha value is -2.55. The van der Waals surface area contributed by atoms with Gasteiger partial charge in [0, 0.05) is 5.38 Å². The van der Waals surface area contributed by atoms with E-state index in [1.165, 1.54) is 29.9 Å². The molecule has 110 valence electrons. The summed E-state index contributed by atoms with van der Waals surface area (Å²) in [5, 5.41) is 21.5. The first-order chi connectivity index (χ1) is 10.0. The number of hydrogen-bond acceptors (Lipinski definition) is 8. The van der Waals surface area contributed by atoms with Crippen molar-refractivity contribution < 1.29 is 19.4 Å². The second kappa shape index (κ2) is 6.27. The summed E-state index contributed by atoms with van der Waals surface area (Å²) < 4.78 is 4.53. The highest BCUT2D eigenvalue weighted by atomic mass is 32.1. The van der Waals surface area contributed by atoms with Gasteiger partial charge in [0.1, 0.15) is 10.8 Å². The van der Waals surface area contributed by atoms with Crippen molar-refractivity contribution in [1.29, 1.82) is 0 Å². The fourth-order valence-electron chi connectivity index (χ4n) is 1.49. The molecule has 2 N–H and O–H groups in total. The van der Waals surface area contributed by atoms with Crippen LogP contribution in [0.1, 0.15) is 39.0 Å². The number of esters is 1. The van der Waals surface area contributed by atoms with Gasteiger partial charge in [0.05, 0.1) is 13.2 Å². The van der Waals surface area contributed by atoms with Crippen molar-refractivity contribution in [2.45, 2.75) is 13.0 Å². The molecule has 0 saturated heterocycles. The summed E-state index contributed by atoms with van der Waals surface area (Å²) in [6.45, 7) is 1.82. The third-order valence-electron chi connectivity index (χ3n) is 2.53. The number of nitrogens with zero attached hydrogens (tertiary/aromatic N) is 3. The molecule has 8 nitrogen and oxygen atoms in total. The molecule has 0 aliphatic carbocycles. The molecule has 0 spiro atoms. The van der Waals surface area contributed by atoms with Crippen LogP contribution in [-0.2, 0) is 4.74 Å². The molecule has 2 heterocycles. The van der Waals surface area contributed by atoms with Gasteiger partial charge in [-0.3, -0.25) is 0 Å². The van der Waals surface area contributed by atoms with Gasteiger partial charge in [-0.25, -0.2) is 14.6 Å². The first kappa shape index (κ1) is 14.9. The molecular formula is C12H12N4O4S. The Morgan fingerprint density at radius 1 is 1.33 bits per heavy atom. The van der Waals surface area contributed by atoms with E-state index in [1.54, 1.807) is 6.07 Å². The molecule has 21 heavy (non-hydrogen) atoms. The maximum atomic E-state index is 11.2. The van der Waals surface area contributed by atoms with Gasteiger partial charge in [0.25, 0.3) is 0 Å². The Balaban J connectivity index is 2.06. The van der Waals surface area contributed by atoms with Crippen molar-refractivity contribution in [3.63, 3.8) is 0 Å². The van der Waals surface area contributed by atoms with Crippen molar-refractivity contribution in [2.75, 3.05) is 12.4 Å². The van der Waals surface area contributed by atoms with Crippen molar-refractivity contribution in [3.05, 3.63) is 33.9 Å². The number of anilines is 1. The summed E-state index contributed by atoms with van der Waals surface area (Å²) in [6.07, 6.45) is 0. The van der Waals surface area contributed by atoms with E-state index in [4.69, 9.17) is 5.11 Å². The van der Waals surface area contributed by atoms with Crippen LogP contribution >= 0.6 is 11.3 Å². The Bertz CT molecular complexity index is 656. The fourth-order valence-corrected chi connectivity index (χ4v) is 2.29. The van der Waals surface area contributed by atoms with Crippen LogP contribution < -0.4 is 5.32 Å². The highest BCUT2D eigenvalue weighted by Gasteiger charge is 2.15. The van der Waals surface area contributed by atoms with Crippen LogP contribution in [0.5, 0.6) is 0 Å². The Kier molecular flexibility index (Phi) is 4.43. The van der Waals surface area contributed by atoms with Gasteiger partial charge < -0.3 is 15.2 Å².